The van der Waals surface area contributed by atoms with Crippen LogP contribution in [0.25, 0.3) is 0 Å². The Morgan fingerprint density at radius 2 is 2.00 bits per heavy atom. The van der Waals surface area contributed by atoms with Crippen molar-refractivity contribution in [3.05, 3.63) is 42.0 Å². The molecule has 3 atom stereocenters. The number of benzene rings is 1. The highest BCUT2D eigenvalue weighted by atomic mass is 16.5. The second-order valence-corrected chi connectivity index (χ2v) is 6.52. The van der Waals surface area contributed by atoms with E-state index in [0.717, 1.165) is 24.2 Å². The first-order valence-corrected chi connectivity index (χ1v) is 8.52. The standard InChI is InChI=1S/C19H24N2O3/c1-24-17-5-3-2-4-14(17)8-9-20-18(22)12-21-19(23)16-11-13-6-7-15(16)10-13/h2-7,13,15-16H,8-12H2,1H3,(H,20,22)(H,21,23)/t13-,15-,16+/m0/s1. The number of nitrogens with one attached hydrogen (secondary N) is 2. The van der Waals surface area contributed by atoms with Crippen LogP contribution in [0.4, 0.5) is 0 Å². The summed E-state index contributed by atoms with van der Waals surface area (Å²) in [6, 6.07) is 7.75. The number of carbonyl (C=O) groups excluding carboxylic acids is 2. The summed E-state index contributed by atoms with van der Waals surface area (Å²) in [5.41, 5.74) is 1.05. The van der Waals surface area contributed by atoms with Crippen molar-refractivity contribution in [1.82, 2.24) is 10.6 Å². The van der Waals surface area contributed by atoms with Crippen molar-refractivity contribution in [2.45, 2.75) is 19.3 Å². The van der Waals surface area contributed by atoms with Crippen molar-refractivity contribution in [2.24, 2.45) is 17.8 Å². The van der Waals surface area contributed by atoms with E-state index in [4.69, 9.17) is 4.74 Å². The Bertz CT molecular complexity index is 641. The average molecular weight is 328 g/mol. The van der Waals surface area contributed by atoms with Crippen LogP contribution in [-0.4, -0.2) is 32.0 Å². The zero-order valence-corrected chi connectivity index (χ0v) is 14.0. The zero-order valence-electron chi connectivity index (χ0n) is 14.0. The van der Waals surface area contributed by atoms with Gasteiger partial charge in [-0.3, -0.25) is 9.59 Å². The van der Waals surface area contributed by atoms with Gasteiger partial charge < -0.3 is 15.4 Å². The molecule has 2 aliphatic carbocycles. The Morgan fingerprint density at radius 3 is 2.71 bits per heavy atom. The fraction of sp³-hybridized carbons (Fsp3) is 0.474. The molecule has 0 heterocycles. The maximum atomic E-state index is 12.2. The normalized spacial score (nSPS) is 24.0. The Labute approximate surface area is 142 Å². The molecular formula is C19H24N2O3. The third-order valence-corrected chi connectivity index (χ3v) is 4.95. The summed E-state index contributed by atoms with van der Waals surface area (Å²) < 4.78 is 5.29. The molecule has 128 valence electrons. The highest BCUT2D eigenvalue weighted by Gasteiger charge is 2.39. The monoisotopic (exact) mass is 328 g/mol. The van der Waals surface area contributed by atoms with E-state index in [0.29, 0.717) is 24.8 Å². The van der Waals surface area contributed by atoms with Crippen LogP contribution in [0.15, 0.2) is 36.4 Å². The molecule has 0 aromatic heterocycles. The average Bonchev–Trinajstić information content (AvgIpc) is 3.23. The maximum absolute atomic E-state index is 12.2. The summed E-state index contributed by atoms with van der Waals surface area (Å²) >= 11 is 0. The van der Waals surface area contributed by atoms with Crippen LogP contribution in [0.2, 0.25) is 0 Å². The zero-order chi connectivity index (χ0) is 16.9. The second-order valence-electron chi connectivity index (χ2n) is 6.52. The first-order valence-electron chi connectivity index (χ1n) is 8.52. The number of para-hydroxylation sites is 1. The van der Waals surface area contributed by atoms with Crippen molar-refractivity contribution < 1.29 is 14.3 Å². The molecule has 0 saturated heterocycles. The third kappa shape index (κ3) is 3.78. The Hall–Kier alpha value is -2.30. The van der Waals surface area contributed by atoms with Crippen LogP contribution >= 0.6 is 0 Å². The van der Waals surface area contributed by atoms with E-state index in [1.807, 2.05) is 24.3 Å². The lowest BCUT2D eigenvalue weighted by molar-refractivity contribution is -0.129. The molecule has 0 aliphatic heterocycles. The topological polar surface area (TPSA) is 67.4 Å². The van der Waals surface area contributed by atoms with Crippen LogP contribution in [-0.2, 0) is 16.0 Å². The summed E-state index contributed by atoms with van der Waals surface area (Å²) in [6.07, 6.45) is 7.05. The Morgan fingerprint density at radius 1 is 1.17 bits per heavy atom. The predicted molar refractivity (Wildman–Crippen MR) is 91.6 cm³/mol. The van der Waals surface area contributed by atoms with Gasteiger partial charge in [0.25, 0.3) is 0 Å². The molecule has 0 spiro atoms. The van der Waals surface area contributed by atoms with Gasteiger partial charge in [-0.2, -0.15) is 0 Å². The lowest BCUT2D eigenvalue weighted by Gasteiger charge is -2.17. The molecule has 2 aliphatic rings. The minimum absolute atomic E-state index is 0.00623. The molecule has 0 unspecified atom stereocenters. The SMILES string of the molecule is COc1ccccc1CCNC(=O)CNC(=O)[C@@H]1C[C@H]2C=C[C@H]1C2. The van der Waals surface area contributed by atoms with Crippen LogP contribution in [0.1, 0.15) is 18.4 Å². The van der Waals surface area contributed by atoms with Crippen molar-refractivity contribution in [3.63, 3.8) is 0 Å². The van der Waals surface area contributed by atoms with Gasteiger partial charge in [0.05, 0.1) is 13.7 Å². The van der Waals surface area contributed by atoms with Crippen molar-refractivity contribution in [2.75, 3.05) is 20.2 Å². The molecule has 5 nitrogen and oxygen atoms in total. The van der Waals surface area contributed by atoms with Gasteiger partial charge in [-0.05, 0) is 42.7 Å². The first kappa shape index (κ1) is 16.6. The van der Waals surface area contributed by atoms with Gasteiger partial charge in [-0.25, -0.2) is 0 Å². The minimum atomic E-state index is -0.156. The summed E-state index contributed by atoms with van der Waals surface area (Å²) in [4.78, 5) is 24.1. The Kier molecular flexibility index (Phi) is 5.18. The van der Waals surface area contributed by atoms with E-state index < -0.39 is 0 Å². The number of hydrogen-bond donors (Lipinski definition) is 2. The molecule has 2 amide bonds. The smallest absolute Gasteiger partial charge is 0.239 e. The van der Waals surface area contributed by atoms with E-state index in [1.54, 1.807) is 7.11 Å². The molecular weight excluding hydrogens is 304 g/mol. The number of amides is 2. The van der Waals surface area contributed by atoms with Crippen LogP contribution in [0.3, 0.4) is 0 Å². The molecule has 1 saturated carbocycles. The highest BCUT2D eigenvalue weighted by molar-refractivity contribution is 5.86. The van der Waals surface area contributed by atoms with Gasteiger partial charge in [-0.1, -0.05) is 30.4 Å². The van der Waals surface area contributed by atoms with E-state index in [9.17, 15) is 9.59 Å². The molecule has 1 aromatic rings. The first-order chi connectivity index (χ1) is 11.7. The predicted octanol–water partition coefficient (Wildman–Crippen LogP) is 1.68. The van der Waals surface area contributed by atoms with Gasteiger partial charge >= 0.3 is 0 Å². The molecule has 5 heteroatoms. The van der Waals surface area contributed by atoms with Crippen molar-refractivity contribution in [1.29, 1.82) is 0 Å². The molecule has 1 fully saturated rings. The van der Waals surface area contributed by atoms with Gasteiger partial charge in [0, 0.05) is 12.5 Å². The number of methoxy groups -OCH3 is 1. The van der Waals surface area contributed by atoms with Gasteiger partial charge in [0.15, 0.2) is 0 Å². The summed E-state index contributed by atoms with van der Waals surface area (Å²) in [6.45, 7) is 0.564. The molecule has 2 bridgehead atoms. The Balaban J connectivity index is 1.37. The molecule has 0 radical (unpaired) electrons. The molecule has 24 heavy (non-hydrogen) atoms. The third-order valence-electron chi connectivity index (χ3n) is 4.95. The molecule has 3 rings (SSSR count). The van der Waals surface area contributed by atoms with Gasteiger partial charge in [0.2, 0.25) is 11.8 Å². The number of fused-ring (bicyclic) bond motifs is 2. The lowest BCUT2D eigenvalue weighted by Crippen LogP contribution is -2.41. The summed E-state index contributed by atoms with van der Waals surface area (Å²) in [7, 11) is 1.64. The van der Waals surface area contributed by atoms with E-state index >= 15 is 0 Å². The van der Waals surface area contributed by atoms with E-state index in [1.165, 1.54) is 0 Å². The molecule has 1 aromatic carbocycles. The lowest BCUT2D eigenvalue weighted by atomic mass is 9.93. The van der Waals surface area contributed by atoms with Crippen LogP contribution < -0.4 is 15.4 Å². The number of rotatable bonds is 7. The quantitative estimate of drug-likeness (QED) is 0.749. The number of carbonyl (C=O) groups is 2. The van der Waals surface area contributed by atoms with Crippen LogP contribution in [0.5, 0.6) is 5.75 Å². The number of ether oxygens (including phenoxy) is 1. The van der Waals surface area contributed by atoms with E-state index in [2.05, 4.69) is 22.8 Å². The van der Waals surface area contributed by atoms with Gasteiger partial charge in [-0.15, -0.1) is 0 Å². The second kappa shape index (κ2) is 7.51. The molecule has 2 N–H and O–H groups in total. The number of allylic oxidation sites excluding steroid dienone is 2. The minimum Gasteiger partial charge on any atom is -0.496 e. The highest BCUT2D eigenvalue weighted by Crippen LogP contribution is 2.43. The van der Waals surface area contributed by atoms with Gasteiger partial charge in [0.1, 0.15) is 5.75 Å². The fourth-order valence-electron chi connectivity index (χ4n) is 3.69. The van der Waals surface area contributed by atoms with Crippen LogP contribution in [0, 0.1) is 17.8 Å². The number of hydrogen-bond acceptors (Lipinski definition) is 3. The van der Waals surface area contributed by atoms with Crippen molar-refractivity contribution in [3.8, 4) is 5.75 Å². The van der Waals surface area contributed by atoms with Crippen molar-refractivity contribution >= 4 is 11.8 Å². The largest absolute Gasteiger partial charge is 0.496 e. The fourth-order valence-corrected chi connectivity index (χ4v) is 3.69. The maximum Gasteiger partial charge on any atom is 0.239 e. The summed E-state index contributed by atoms with van der Waals surface area (Å²) in [5.74, 6) is 1.64. The summed E-state index contributed by atoms with van der Waals surface area (Å²) in [5, 5.41) is 5.61. The van der Waals surface area contributed by atoms with E-state index in [-0.39, 0.29) is 24.3 Å².